The molecule has 1 aromatic heterocycles. The fourth-order valence-electron chi connectivity index (χ4n) is 3.14. The molecule has 5 nitrogen and oxygen atoms in total. The van der Waals surface area contributed by atoms with E-state index in [1.807, 2.05) is 45.2 Å². The van der Waals surface area contributed by atoms with Crippen LogP contribution < -0.4 is 9.47 Å². The number of hydrogen-bond donors (Lipinski definition) is 0. The summed E-state index contributed by atoms with van der Waals surface area (Å²) in [5, 5.41) is 4.01. The third-order valence-electron chi connectivity index (χ3n) is 4.60. The van der Waals surface area contributed by atoms with Gasteiger partial charge in [-0.25, -0.2) is 4.39 Å². The number of benzene rings is 2. The highest BCUT2D eigenvalue weighted by Gasteiger charge is 2.16. The van der Waals surface area contributed by atoms with Crippen LogP contribution in [0.5, 0.6) is 11.5 Å². The normalized spacial score (nSPS) is 11.1. The maximum absolute atomic E-state index is 13.4. The average Bonchev–Trinajstić information content (AvgIpc) is 2.98. The zero-order chi connectivity index (χ0) is 20.1. The Kier molecular flexibility index (Phi) is 6.31. The highest BCUT2D eigenvalue weighted by Crippen LogP contribution is 2.33. The maximum atomic E-state index is 13.4. The number of methoxy groups -OCH3 is 1. The summed E-state index contributed by atoms with van der Waals surface area (Å²) >= 11 is 0. The first-order valence-corrected chi connectivity index (χ1v) is 9.11. The predicted octanol–water partition coefficient (Wildman–Crippen LogP) is 4.65. The van der Waals surface area contributed by atoms with E-state index in [4.69, 9.17) is 14.0 Å². The second-order valence-corrected chi connectivity index (χ2v) is 6.84. The summed E-state index contributed by atoms with van der Waals surface area (Å²) in [6.07, 6.45) is 0. The van der Waals surface area contributed by atoms with E-state index in [-0.39, 0.29) is 12.4 Å². The van der Waals surface area contributed by atoms with Crippen molar-refractivity contribution in [3.05, 3.63) is 76.4 Å². The van der Waals surface area contributed by atoms with Gasteiger partial charge in [-0.05, 0) is 44.7 Å². The van der Waals surface area contributed by atoms with E-state index in [0.29, 0.717) is 24.6 Å². The van der Waals surface area contributed by atoms with Crippen molar-refractivity contribution in [1.29, 1.82) is 0 Å². The summed E-state index contributed by atoms with van der Waals surface area (Å²) in [5.41, 5.74) is 3.75. The lowest BCUT2D eigenvalue weighted by molar-refractivity contribution is 0.266. The van der Waals surface area contributed by atoms with E-state index in [2.05, 4.69) is 10.1 Å². The minimum Gasteiger partial charge on any atom is -0.493 e. The van der Waals surface area contributed by atoms with Crippen LogP contribution in [0, 0.1) is 19.7 Å². The van der Waals surface area contributed by atoms with Crippen molar-refractivity contribution in [2.75, 3.05) is 14.2 Å². The van der Waals surface area contributed by atoms with Crippen molar-refractivity contribution in [2.24, 2.45) is 0 Å². The van der Waals surface area contributed by atoms with Gasteiger partial charge in [-0.15, -0.1) is 0 Å². The second kappa shape index (κ2) is 8.89. The molecule has 148 valence electrons. The van der Waals surface area contributed by atoms with Gasteiger partial charge in [0.2, 0.25) is 0 Å². The summed E-state index contributed by atoms with van der Waals surface area (Å²) in [6, 6.07) is 12.2. The molecule has 0 radical (unpaired) electrons. The van der Waals surface area contributed by atoms with Gasteiger partial charge in [0.15, 0.2) is 11.5 Å². The molecule has 0 aliphatic carbocycles. The standard InChI is InChI=1S/C22H25FN2O3/c1-15-20(16(2)28-24-15)13-25(3)12-18-8-6-10-21(26-4)22(18)27-14-17-7-5-9-19(23)11-17/h5-11H,12-14H2,1-4H3. The van der Waals surface area contributed by atoms with Crippen molar-refractivity contribution < 1.29 is 18.4 Å². The third-order valence-corrected chi connectivity index (χ3v) is 4.60. The molecule has 0 spiro atoms. The first-order chi connectivity index (χ1) is 13.5. The van der Waals surface area contributed by atoms with Gasteiger partial charge in [0.05, 0.1) is 12.8 Å². The average molecular weight is 384 g/mol. The molecule has 0 amide bonds. The Bertz CT molecular complexity index is 920. The van der Waals surface area contributed by atoms with Crippen molar-refractivity contribution >= 4 is 0 Å². The van der Waals surface area contributed by atoms with Crippen LogP contribution in [0.2, 0.25) is 0 Å². The quantitative estimate of drug-likeness (QED) is 0.566. The van der Waals surface area contributed by atoms with Crippen LogP contribution in [-0.2, 0) is 19.7 Å². The van der Waals surface area contributed by atoms with Crippen LogP contribution in [0.1, 0.15) is 28.1 Å². The predicted molar refractivity (Wildman–Crippen MR) is 105 cm³/mol. The topological polar surface area (TPSA) is 47.7 Å². The van der Waals surface area contributed by atoms with E-state index in [1.54, 1.807) is 13.2 Å². The van der Waals surface area contributed by atoms with Crippen LogP contribution in [0.15, 0.2) is 47.0 Å². The molecule has 0 aliphatic rings. The molecule has 0 unspecified atom stereocenters. The summed E-state index contributed by atoms with van der Waals surface area (Å²) in [4.78, 5) is 2.16. The number of aryl methyl sites for hydroxylation is 2. The molecule has 0 atom stereocenters. The summed E-state index contributed by atoms with van der Waals surface area (Å²) in [6.45, 7) is 5.49. The molecule has 6 heteroatoms. The van der Waals surface area contributed by atoms with E-state index in [0.717, 1.165) is 28.1 Å². The van der Waals surface area contributed by atoms with Crippen LogP contribution in [0.25, 0.3) is 0 Å². The molecule has 0 bridgehead atoms. The first-order valence-electron chi connectivity index (χ1n) is 9.11. The number of rotatable bonds is 8. The number of halogens is 1. The van der Waals surface area contributed by atoms with Crippen molar-refractivity contribution in [3.8, 4) is 11.5 Å². The number of aromatic nitrogens is 1. The Hall–Kier alpha value is -2.86. The van der Waals surface area contributed by atoms with Gasteiger partial charge in [-0.1, -0.05) is 29.4 Å². The second-order valence-electron chi connectivity index (χ2n) is 6.84. The van der Waals surface area contributed by atoms with Crippen LogP contribution in [-0.4, -0.2) is 24.2 Å². The summed E-state index contributed by atoms with van der Waals surface area (Å²) in [5.74, 6) is 1.87. The highest BCUT2D eigenvalue weighted by molar-refractivity contribution is 5.46. The van der Waals surface area contributed by atoms with E-state index < -0.39 is 0 Å². The lowest BCUT2D eigenvalue weighted by Crippen LogP contribution is -2.18. The molecule has 0 saturated heterocycles. The smallest absolute Gasteiger partial charge is 0.166 e. The largest absolute Gasteiger partial charge is 0.493 e. The SMILES string of the molecule is COc1cccc(CN(C)Cc2c(C)noc2C)c1OCc1cccc(F)c1. The van der Waals surface area contributed by atoms with Gasteiger partial charge >= 0.3 is 0 Å². The Balaban J connectivity index is 1.76. The third kappa shape index (κ3) is 4.70. The Labute approximate surface area is 164 Å². The number of nitrogens with zero attached hydrogens (tertiary/aromatic N) is 2. The fraction of sp³-hybridized carbons (Fsp3) is 0.318. The van der Waals surface area contributed by atoms with Gasteiger partial charge in [0.25, 0.3) is 0 Å². The van der Waals surface area contributed by atoms with E-state index in [9.17, 15) is 4.39 Å². The Morgan fingerprint density at radius 2 is 1.89 bits per heavy atom. The van der Waals surface area contributed by atoms with Gasteiger partial charge in [0.1, 0.15) is 18.2 Å². The van der Waals surface area contributed by atoms with Crippen molar-refractivity contribution in [2.45, 2.75) is 33.5 Å². The molecule has 0 fully saturated rings. The zero-order valence-electron chi connectivity index (χ0n) is 16.7. The monoisotopic (exact) mass is 384 g/mol. The highest BCUT2D eigenvalue weighted by atomic mass is 19.1. The molecule has 0 aliphatic heterocycles. The lowest BCUT2D eigenvalue weighted by atomic mass is 10.1. The molecular formula is C22H25FN2O3. The van der Waals surface area contributed by atoms with E-state index >= 15 is 0 Å². The van der Waals surface area contributed by atoms with Crippen LogP contribution >= 0.6 is 0 Å². The Morgan fingerprint density at radius 3 is 2.57 bits per heavy atom. The van der Waals surface area contributed by atoms with Gasteiger partial charge < -0.3 is 14.0 Å². The number of hydrogen-bond acceptors (Lipinski definition) is 5. The summed E-state index contributed by atoms with van der Waals surface area (Å²) in [7, 11) is 3.64. The minimum absolute atomic E-state index is 0.263. The molecule has 2 aromatic carbocycles. The molecule has 1 heterocycles. The zero-order valence-corrected chi connectivity index (χ0v) is 16.7. The molecule has 0 saturated carbocycles. The molecule has 28 heavy (non-hydrogen) atoms. The first kappa shape index (κ1) is 19.9. The van der Waals surface area contributed by atoms with Crippen molar-refractivity contribution in [3.63, 3.8) is 0 Å². The molecule has 3 aromatic rings. The fourth-order valence-corrected chi connectivity index (χ4v) is 3.14. The van der Waals surface area contributed by atoms with Gasteiger partial charge in [0, 0.05) is 24.2 Å². The molecule has 0 N–H and O–H groups in total. The van der Waals surface area contributed by atoms with Crippen LogP contribution in [0.3, 0.4) is 0 Å². The Morgan fingerprint density at radius 1 is 1.11 bits per heavy atom. The van der Waals surface area contributed by atoms with Gasteiger partial charge in [-0.3, -0.25) is 4.90 Å². The van der Waals surface area contributed by atoms with E-state index in [1.165, 1.54) is 12.1 Å². The maximum Gasteiger partial charge on any atom is 0.166 e. The van der Waals surface area contributed by atoms with Crippen LogP contribution in [0.4, 0.5) is 4.39 Å². The lowest BCUT2D eigenvalue weighted by Gasteiger charge is -2.20. The number of ether oxygens (including phenoxy) is 2. The summed E-state index contributed by atoms with van der Waals surface area (Å²) < 4.78 is 30.2. The minimum atomic E-state index is -0.277. The number of para-hydroxylation sites is 1. The molecular weight excluding hydrogens is 359 g/mol. The van der Waals surface area contributed by atoms with Gasteiger partial charge in [-0.2, -0.15) is 0 Å². The van der Waals surface area contributed by atoms with Crippen molar-refractivity contribution in [1.82, 2.24) is 10.1 Å². The molecule has 3 rings (SSSR count).